The molecule has 7 amide bonds. The van der Waals surface area contributed by atoms with E-state index >= 15 is 0 Å². The lowest BCUT2D eigenvalue weighted by molar-refractivity contribution is -0.151. The Morgan fingerprint density at radius 3 is 2.23 bits per heavy atom. The van der Waals surface area contributed by atoms with E-state index in [1.807, 2.05) is 0 Å². The summed E-state index contributed by atoms with van der Waals surface area (Å²) in [6.07, 6.45) is 7.75. The van der Waals surface area contributed by atoms with E-state index in [2.05, 4.69) is 0 Å². The quantitative estimate of drug-likeness (QED) is 0.182. The van der Waals surface area contributed by atoms with Crippen LogP contribution in [0.5, 0.6) is 0 Å². The van der Waals surface area contributed by atoms with Crippen LogP contribution in [-0.2, 0) is 23.9 Å². The molecule has 2 heterocycles. The second kappa shape index (κ2) is 10.5. The van der Waals surface area contributed by atoms with Crippen molar-refractivity contribution in [1.29, 1.82) is 0 Å². The molecule has 4 saturated carbocycles. The van der Waals surface area contributed by atoms with Crippen molar-refractivity contribution in [1.82, 2.24) is 19.6 Å². The molecule has 0 radical (unpaired) electrons. The number of esters is 1. The third-order valence-electron chi connectivity index (χ3n) is 11.0. The van der Waals surface area contributed by atoms with Gasteiger partial charge in [-0.2, -0.15) is 0 Å². The molecule has 0 unspecified atom stereocenters. The minimum atomic E-state index is -0.889. The first kappa shape index (κ1) is 29.4. The van der Waals surface area contributed by atoms with Crippen molar-refractivity contribution in [2.24, 2.45) is 34.6 Å². The number of urea groups is 2. The van der Waals surface area contributed by atoms with Crippen LogP contribution in [0.2, 0.25) is 0 Å². The summed E-state index contributed by atoms with van der Waals surface area (Å²) in [6, 6.07) is -1.33. The minimum Gasteiger partial charge on any atom is -0.466 e. The van der Waals surface area contributed by atoms with Gasteiger partial charge in [-0.15, -0.1) is 0 Å². The predicted octanol–water partition coefficient (Wildman–Crippen LogP) is 1.65. The van der Waals surface area contributed by atoms with Crippen molar-refractivity contribution < 1.29 is 33.5 Å². The molecule has 6 rings (SSSR count). The number of barbiturate groups is 1. The number of imide groups is 3. The van der Waals surface area contributed by atoms with Crippen molar-refractivity contribution in [3.8, 4) is 0 Å². The highest BCUT2D eigenvalue weighted by molar-refractivity contribution is 6.29. The van der Waals surface area contributed by atoms with Crippen LogP contribution in [0, 0.1) is 23.2 Å². The van der Waals surface area contributed by atoms with Crippen LogP contribution in [0.15, 0.2) is 11.4 Å². The number of carbonyl (C=O) groups is 6. The third kappa shape index (κ3) is 4.66. The maximum absolute atomic E-state index is 13.5. The van der Waals surface area contributed by atoms with Crippen molar-refractivity contribution in [2.45, 2.75) is 89.1 Å². The van der Waals surface area contributed by atoms with Crippen LogP contribution < -0.4 is 11.5 Å². The number of likely N-dealkylation sites (N-methyl/N-ethyl adjacent to an activating group) is 1. The first-order valence-electron chi connectivity index (χ1n) is 15.6. The fourth-order valence-electron chi connectivity index (χ4n) is 8.26. The SMILES string of the molecule is CCOC(=O)[C@@H]1C[C@H]1CCN1C(=O)N(C)C(=O)C12CC1(CCC(N3C(=O)C(=C(N)N)C(=O)N(CC4CCC4)C3=O)CC1)C2. The topological polar surface area (TPSA) is 177 Å². The molecule has 4 N–H and O–H groups in total. The average molecular weight is 599 g/mol. The first-order valence-corrected chi connectivity index (χ1v) is 15.6. The monoisotopic (exact) mass is 598 g/mol. The number of ether oxygens (including phenoxy) is 1. The van der Waals surface area contributed by atoms with Crippen LogP contribution in [-0.4, -0.2) is 93.7 Å². The van der Waals surface area contributed by atoms with Gasteiger partial charge in [-0.3, -0.25) is 33.9 Å². The molecule has 2 spiro atoms. The molecule has 0 aromatic heterocycles. The summed E-state index contributed by atoms with van der Waals surface area (Å²) in [7, 11) is 1.52. The standard InChI is InChI=1S/C30H42N6O7/c1-3-43-25(39)20-13-18(20)9-12-35-27(41)33(2)26(40)30(35)15-29(16-30)10-7-19(8-11-29)36-24(38)21(22(31)32)23(37)34(28(36)42)14-17-5-4-6-17/h17-20H,3-16,31-32H2,1-2H3/t18-,19?,20-,29?,30?/m1/s1. The molecule has 0 aromatic carbocycles. The Morgan fingerprint density at radius 1 is 0.977 bits per heavy atom. The second-order valence-corrected chi connectivity index (χ2v) is 13.6. The Labute approximate surface area is 250 Å². The summed E-state index contributed by atoms with van der Waals surface area (Å²) in [5.41, 5.74) is 10.1. The van der Waals surface area contributed by atoms with E-state index in [0.29, 0.717) is 58.1 Å². The first-order chi connectivity index (χ1) is 20.4. The molecule has 2 aliphatic heterocycles. The normalized spacial score (nSPS) is 34.3. The van der Waals surface area contributed by atoms with E-state index in [0.717, 1.165) is 30.6 Å². The number of carbonyl (C=O) groups excluding carboxylic acids is 6. The molecule has 43 heavy (non-hydrogen) atoms. The number of nitrogens with zero attached hydrogens (tertiary/aromatic N) is 4. The Bertz CT molecular complexity index is 1290. The zero-order chi connectivity index (χ0) is 30.8. The van der Waals surface area contributed by atoms with Gasteiger partial charge in [-0.25, -0.2) is 9.59 Å². The van der Waals surface area contributed by atoms with Gasteiger partial charge in [0.25, 0.3) is 17.7 Å². The van der Waals surface area contributed by atoms with Crippen molar-refractivity contribution in [2.75, 3.05) is 26.7 Å². The summed E-state index contributed by atoms with van der Waals surface area (Å²) in [5.74, 6) is -1.98. The molecule has 13 nitrogen and oxygen atoms in total. The highest BCUT2D eigenvalue weighted by atomic mass is 16.5. The fraction of sp³-hybridized carbons (Fsp3) is 0.733. The maximum atomic E-state index is 13.5. The molecule has 6 aliphatic rings. The Morgan fingerprint density at radius 2 is 1.65 bits per heavy atom. The summed E-state index contributed by atoms with van der Waals surface area (Å²) >= 11 is 0. The maximum Gasteiger partial charge on any atom is 0.334 e. The highest BCUT2D eigenvalue weighted by Gasteiger charge is 2.68. The van der Waals surface area contributed by atoms with Gasteiger partial charge in [0.2, 0.25) is 0 Å². The summed E-state index contributed by atoms with van der Waals surface area (Å²) < 4.78 is 5.13. The molecule has 13 heteroatoms. The van der Waals surface area contributed by atoms with Crippen molar-refractivity contribution in [3.63, 3.8) is 0 Å². The molecule has 6 fully saturated rings. The van der Waals surface area contributed by atoms with Crippen molar-refractivity contribution in [3.05, 3.63) is 11.4 Å². The average Bonchev–Trinajstić information content (AvgIpc) is 3.67. The molecule has 0 aromatic rings. The highest BCUT2D eigenvalue weighted by Crippen LogP contribution is 2.61. The lowest BCUT2D eigenvalue weighted by Gasteiger charge is -2.59. The van der Waals surface area contributed by atoms with Gasteiger partial charge in [0.15, 0.2) is 0 Å². The molecule has 0 bridgehead atoms. The minimum absolute atomic E-state index is 0.129. The number of hydrogen-bond acceptors (Lipinski definition) is 9. The molecular weight excluding hydrogens is 556 g/mol. The number of amides is 7. The van der Waals surface area contributed by atoms with Crippen LogP contribution in [0.3, 0.4) is 0 Å². The van der Waals surface area contributed by atoms with Gasteiger partial charge < -0.3 is 21.1 Å². The Balaban J connectivity index is 1.11. The number of rotatable bonds is 8. The van der Waals surface area contributed by atoms with Crippen LogP contribution in [0.1, 0.15) is 77.6 Å². The van der Waals surface area contributed by atoms with E-state index in [1.165, 1.54) is 16.8 Å². The van der Waals surface area contributed by atoms with Gasteiger partial charge >= 0.3 is 18.0 Å². The molecular formula is C30H42N6O7. The number of nitrogens with two attached hydrogens (primary N) is 2. The Kier molecular flexibility index (Phi) is 7.20. The third-order valence-corrected chi connectivity index (χ3v) is 11.0. The van der Waals surface area contributed by atoms with Gasteiger partial charge in [-0.05, 0) is 88.4 Å². The lowest BCUT2D eigenvalue weighted by Crippen LogP contribution is -2.66. The van der Waals surface area contributed by atoms with E-state index in [-0.39, 0.29) is 59.0 Å². The van der Waals surface area contributed by atoms with Crippen LogP contribution >= 0.6 is 0 Å². The zero-order valence-corrected chi connectivity index (χ0v) is 25.0. The Hall–Kier alpha value is -3.64. The van der Waals surface area contributed by atoms with Gasteiger partial charge in [0.1, 0.15) is 16.9 Å². The van der Waals surface area contributed by atoms with Crippen molar-refractivity contribution >= 4 is 35.8 Å². The van der Waals surface area contributed by atoms with E-state index in [4.69, 9.17) is 16.2 Å². The van der Waals surface area contributed by atoms with Gasteiger partial charge in [-0.1, -0.05) is 6.42 Å². The van der Waals surface area contributed by atoms with Crippen LogP contribution in [0.25, 0.3) is 0 Å². The summed E-state index contributed by atoms with van der Waals surface area (Å²) in [6.45, 7) is 2.78. The second-order valence-electron chi connectivity index (χ2n) is 13.6. The zero-order valence-electron chi connectivity index (χ0n) is 25.0. The summed E-state index contributed by atoms with van der Waals surface area (Å²) in [5, 5.41) is 0. The summed E-state index contributed by atoms with van der Waals surface area (Å²) in [4.78, 5) is 83.7. The predicted molar refractivity (Wildman–Crippen MR) is 151 cm³/mol. The molecule has 2 atom stereocenters. The molecule has 234 valence electrons. The van der Waals surface area contributed by atoms with E-state index < -0.39 is 29.4 Å². The largest absolute Gasteiger partial charge is 0.466 e. The fourth-order valence-corrected chi connectivity index (χ4v) is 8.26. The van der Waals surface area contributed by atoms with E-state index in [9.17, 15) is 28.8 Å². The smallest absolute Gasteiger partial charge is 0.334 e. The van der Waals surface area contributed by atoms with E-state index in [1.54, 1.807) is 11.8 Å². The molecule has 2 saturated heterocycles. The van der Waals surface area contributed by atoms with Gasteiger partial charge in [0, 0.05) is 26.2 Å². The lowest BCUT2D eigenvalue weighted by atomic mass is 9.51. The molecule has 4 aliphatic carbocycles. The van der Waals surface area contributed by atoms with Crippen LogP contribution in [0.4, 0.5) is 9.59 Å². The number of hydrogen-bond donors (Lipinski definition) is 2. The van der Waals surface area contributed by atoms with Gasteiger partial charge in [0.05, 0.1) is 12.5 Å².